The Kier molecular flexibility index (Phi) is 5.12. The lowest BCUT2D eigenvalue weighted by atomic mass is 9.96. The molecule has 0 saturated carbocycles. The Morgan fingerprint density at radius 3 is 2.18 bits per heavy atom. The van der Waals surface area contributed by atoms with Crippen LogP contribution in [-0.4, -0.2) is 29.1 Å². The lowest BCUT2D eigenvalue weighted by Gasteiger charge is -2.37. The van der Waals surface area contributed by atoms with Crippen molar-refractivity contribution in [3.05, 3.63) is 35.4 Å². The van der Waals surface area contributed by atoms with Crippen molar-refractivity contribution in [3.63, 3.8) is 0 Å². The number of nitrogens with zero attached hydrogens (tertiary/aromatic N) is 1. The largest absolute Gasteiger partial charge is 0.392 e. The summed E-state index contributed by atoms with van der Waals surface area (Å²) in [5, 5.41) is 8.99. The smallest absolute Gasteiger partial charge is 0.0681 e. The van der Waals surface area contributed by atoms with Crippen LogP contribution in [0.5, 0.6) is 0 Å². The van der Waals surface area contributed by atoms with Crippen LogP contribution in [0, 0.1) is 0 Å². The van der Waals surface area contributed by atoms with E-state index in [1.54, 1.807) is 0 Å². The van der Waals surface area contributed by atoms with Crippen molar-refractivity contribution in [2.75, 3.05) is 13.6 Å². The highest BCUT2D eigenvalue weighted by molar-refractivity contribution is 5.22. The summed E-state index contributed by atoms with van der Waals surface area (Å²) in [7, 11) is 2.11. The maximum absolute atomic E-state index is 8.99. The third-order valence-corrected chi connectivity index (χ3v) is 3.75. The highest BCUT2D eigenvalue weighted by Gasteiger charge is 2.25. The van der Waals surface area contributed by atoms with E-state index in [0.29, 0.717) is 6.54 Å². The number of hydrogen-bond acceptors (Lipinski definition) is 3. The van der Waals surface area contributed by atoms with Crippen LogP contribution in [0.25, 0.3) is 0 Å². The molecule has 0 radical (unpaired) electrons. The van der Waals surface area contributed by atoms with Gasteiger partial charge in [0.05, 0.1) is 6.61 Å². The van der Waals surface area contributed by atoms with Gasteiger partial charge in [0.15, 0.2) is 0 Å². The second kappa shape index (κ2) is 6.15. The second-order valence-electron chi connectivity index (χ2n) is 4.89. The van der Waals surface area contributed by atoms with Crippen LogP contribution < -0.4 is 5.73 Å². The summed E-state index contributed by atoms with van der Waals surface area (Å²) in [4.78, 5) is 2.29. The molecule has 0 aliphatic heterocycles. The fourth-order valence-corrected chi connectivity index (χ4v) is 1.78. The van der Waals surface area contributed by atoms with Gasteiger partial charge in [-0.25, -0.2) is 0 Å². The Morgan fingerprint density at radius 1 is 1.24 bits per heavy atom. The first kappa shape index (κ1) is 14.2. The van der Waals surface area contributed by atoms with E-state index in [0.717, 1.165) is 18.5 Å². The van der Waals surface area contributed by atoms with E-state index in [1.807, 2.05) is 12.1 Å². The molecule has 0 spiro atoms. The summed E-state index contributed by atoms with van der Waals surface area (Å²) >= 11 is 0. The molecule has 17 heavy (non-hydrogen) atoms. The van der Waals surface area contributed by atoms with Gasteiger partial charge in [-0.05, 0) is 31.5 Å². The predicted molar refractivity (Wildman–Crippen MR) is 71.6 cm³/mol. The molecule has 0 aliphatic carbocycles. The highest BCUT2D eigenvalue weighted by atomic mass is 16.3. The third-order valence-electron chi connectivity index (χ3n) is 3.75. The Balaban J connectivity index is 2.69. The molecule has 0 amide bonds. The van der Waals surface area contributed by atoms with Gasteiger partial charge in [0.1, 0.15) is 0 Å². The number of aliphatic hydroxyl groups is 1. The van der Waals surface area contributed by atoms with Crippen molar-refractivity contribution < 1.29 is 5.11 Å². The molecule has 0 bridgehead atoms. The number of likely N-dealkylation sites (N-methyl/N-ethyl adjacent to an activating group) is 1. The van der Waals surface area contributed by atoms with E-state index in [-0.39, 0.29) is 12.1 Å². The number of benzene rings is 1. The molecule has 3 N–H and O–H groups in total. The standard InChI is InChI=1S/C14H24N2O/c1-4-14(2,11-15)16(3)9-12-5-7-13(10-17)8-6-12/h5-8,17H,4,9-11,15H2,1-3H3. The van der Waals surface area contributed by atoms with Crippen molar-refractivity contribution in [1.82, 2.24) is 4.90 Å². The molecule has 0 fully saturated rings. The number of aliphatic hydroxyl groups excluding tert-OH is 1. The van der Waals surface area contributed by atoms with Gasteiger partial charge in [0, 0.05) is 18.6 Å². The topological polar surface area (TPSA) is 49.5 Å². The van der Waals surface area contributed by atoms with Gasteiger partial charge < -0.3 is 10.8 Å². The average molecular weight is 236 g/mol. The van der Waals surface area contributed by atoms with Crippen LogP contribution >= 0.6 is 0 Å². The summed E-state index contributed by atoms with van der Waals surface area (Å²) < 4.78 is 0. The van der Waals surface area contributed by atoms with Crippen molar-refractivity contribution in [2.45, 2.75) is 39.0 Å². The molecule has 1 atom stereocenters. The fourth-order valence-electron chi connectivity index (χ4n) is 1.78. The highest BCUT2D eigenvalue weighted by Crippen LogP contribution is 2.19. The Labute approximate surface area is 104 Å². The second-order valence-corrected chi connectivity index (χ2v) is 4.89. The van der Waals surface area contributed by atoms with Gasteiger partial charge in [0.2, 0.25) is 0 Å². The number of hydrogen-bond donors (Lipinski definition) is 2. The lowest BCUT2D eigenvalue weighted by Crippen LogP contribution is -2.48. The number of rotatable bonds is 6. The van der Waals surface area contributed by atoms with Gasteiger partial charge in [-0.15, -0.1) is 0 Å². The van der Waals surface area contributed by atoms with Crippen LogP contribution in [0.1, 0.15) is 31.4 Å². The van der Waals surface area contributed by atoms with E-state index in [1.165, 1.54) is 5.56 Å². The molecule has 3 nitrogen and oxygen atoms in total. The van der Waals surface area contributed by atoms with Crippen molar-refractivity contribution in [2.24, 2.45) is 5.73 Å². The average Bonchev–Trinajstić information content (AvgIpc) is 2.38. The summed E-state index contributed by atoms with van der Waals surface area (Å²) in [6, 6.07) is 8.06. The zero-order valence-corrected chi connectivity index (χ0v) is 11.1. The van der Waals surface area contributed by atoms with E-state index in [2.05, 4.69) is 37.9 Å². The molecule has 1 rings (SSSR count). The molecule has 96 valence electrons. The first-order chi connectivity index (χ1) is 8.05. The first-order valence-electron chi connectivity index (χ1n) is 6.15. The van der Waals surface area contributed by atoms with E-state index in [9.17, 15) is 0 Å². The predicted octanol–water partition coefficient (Wildman–Crippen LogP) is 1.74. The van der Waals surface area contributed by atoms with Gasteiger partial charge in [0.25, 0.3) is 0 Å². The monoisotopic (exact) mass is 236 g/mol. The maximum atomic E-state index is 8.99. The van der Waals surface area contributed by atoms with E-state index < -0.39 is 0 Å². The number of nitrogens with two attached hydrogens (primary N) is 1. The van der Waals surface area contributed by atoms with Crippen molar-refractivity contribution in [3.8, 4) is 0 Å². The van der Waals surface area contributed by atoms with Crippen LogP contribution in [0.4, 0.5) is 0 Å². The van der Waals surface area contributed by atoms with Crippen LogP contribution in [0.15, 0.2) is 24.3 Å². The molecule has 1 aromatic carbocycles. The molecule has 1 aromatic rings. The third kappa shape index (κ3) is 3.53. The molecule has 0 saturated heterocycles. The Morgan fingerprint density at radius 2 is 1.76 bits per heavy atom. The molecule has 3 heteroatoms. The zero-order valence-electron chi connectivity index (χ0n) is 11.1. The normalized spacial score (nSPS) is 14.9. The van der Waals surface area contributed by atoms with Crippen molar-refractivity contribution >= 4 is 0 Å². The summed E-state index contributed by atoms with van der Waals surface area (Å²) in [6.45, 7) is 6.00. The molecular formula is C14H24N2O. The van der Waals surface area contributed by atoms with Gasteiger partial charge in [-0.1, -0.05) is 31.2 Å². The van der Waals surface area contributed by atoms with Gasteiger partial charge in [-0.2, -0.15) is 0 Å². The Hall–Kier alpha value is -0.900. The first-order valence-corrected chi connectivity index (χ1v) is 6.15. The van der Waals surface area contributed by atoms with E-state index >= 15 is 0 Å². The molecule has 0 aromatic heterocycles. The lowest BCUT2D eigenvalue weighted by molar-refractivity contribution is 0.131. The minimum absolute atomic E-state index is 0.0512. The Bertz CT molecular complexity index is 331. The molecular weight excluding hydrogens is 212 g/mol. The van der Waals surface area contributed by atoms with Crippen molar-refractivity contribution in [1.29, 1.82) is 0 Å². The van der Waals surface area contributed by atoms with E-state index in [4.69, 9.17) is 10.8 Å². The summed E-state index contributed by atoms with van der Waals surface area (Å²) in [5.41, 5.74) is 8.09. The minimum Gasteiger partial charge on any atom is -0.392 e. The molecule has 0 heterocycles. The molecule has 1 unspecified atom stereocenters. The summed E-state index contributed by atoms with van der Waals surface area (Å²) in [5.74, 6) is 0. The van der Waals surface area contributed by atoms with Crippen LogP contribution in [-0.2, 0) is 13.2 Å². The van der Waals surface area contributed by atoms with Crippen LogP contribution in [0.3, 0.4) is 0 Å². The minimum atomic E-state index is 0.0512. The van der Waals surface area contributed by atoms with Crippen LogP contribution in [0.2, 0.25) is 0 Å². The summed E-state index contributed by atoms with van der Waals surface area (Å²) in [6.07, 6.45) is 1.04. The maximum Gasteiger partial charge on any atom is 0.0681 e. The SMILES string of the molecule is CCC(C)(CN)N(C)Cc1ccc(CO)cc1. The zero-order chi connectivity index (χ0) is 12.9. The fraction of sp³-hybridized carbons (Fsp3) is 0.571. The quantitative estimate of drug-likeness (QED) is 0.791. The molecule has 0 aliphatic rings. The van der Waals surface area contributed by atoms with Gasteiger partial charge >= 0.3 is 0 Å². The van der Waals surface area contributed by atoms with Gasteiger partial charge in [-0.3, -0.25) is 4.90 Å².